The minimum atomic E-state index is -0.882. The maximum absolute atomic E-state index is 12.4. The summed E-state index contributed by atoms with van der Waals surface area (Å²) in [5.41, 5.74) is 1.52. The number of ether oxygens (including phenoxy) is 1. The van der Waals surface area contributed by atoms with E-state index in [9.17, 15) is 14.4 Å². The molecule has 8 heteroatoms. The summed E-state index contributed by atoms with van der Waals surface area (Å²) in [6, 6.07) is 13.2. The van der Waals surface area contributed by atoms with Gasteiger partial charge in [-0.3, -0.25) is 9.59 Å². The molecule has 0 bridgehead atoms. The van der Waals surface area contributed by atoms with E-state index in [0.717, 1.165) is 0 Å². The van der Waals surface area contributed by atoms with Gasteiger partial charge in [-0.05, 0) is 49.2 Å². The van der Waals surface area contributed by atoms with Gasteiger partial charge in [0.2, 0.25) is 0 Å². The van der Waals surface area contributed by atoms with Crippen LogP contribution in [-0.4, -0.2) is 48.1 Å². The monoisotopic (exact) mass is 397 g/mol. The first-order chi connectivity index (χ1) is 14.0. The number of carboxylic acids is 1. The molecule has 29 heavy (non-hydrogen) atoms. The van der Waals surface area contributed by atoms with E-state index in [1.165, 1.54) is 12.0 Å². The number of anilines is 2. The van der Waals surface area contributed by atoms with Gasteiger partial charge in [0.1, 0.15) is 5.75 Å². The van der Waals surface area contributed by atoms with Crippen molar-refractivity contribution in [1.82, 2.24) is 4.90 Å². The molecule has 1 aliphatic heterocycles. The molecule has 1 saturated heterocycles. The zero-order valence-corrected chi connectivity index (χ0v) is 16.1. The van der Waals surface area contributed by atoms with Gasteiger partial charge in [0, 0.05) is 24.3 Å². The van der Waals surface area contributed by atoms with Crippen LogP contribution in [-0.2, 0) is 4.79 Å². The normalized spacial score (nSPS) is 16.0. The average Bonchev–Trinajstić information content (AvgIpc) is 2.74. The average molecular weight is 397 g/mol. The third kappa shape index (κ3) is 5.04. The van der Waals surface area contributed by atoms with Crippen molar-refractivity contribution >= 4 is 29.3 Å². The number of hydrogen-bond acceptors (Lipinski definition) is 4. The Balaban J connectivity index is 1.60. The van der Waals surface area contributed by atoms with E-state index >= 15 is 0 Å². The van der Waals surface area contributed by atoms with Crippen molar-refractivity contribution in [2.24, 2.45) is 5.92 Å². The lowest BCUT2D eigenvalue weighted by atomic mass is 9.99. The van der Waals surface area contributed by atoms with Crippen molar-refractivity contribution in [2.45, 2.75) is 12.8 Å². The summed E-state index contributed by atoms with van der Waals surface area (Å²) in [5.74, 6) is -1.15. The fourth-order valence-electron chi connectivity index (χ4n) is 3.21. The molecule has 0 aliphatic carbocycles. The SMILES string of the molecule is COc1ccccc1NC(=O)c1ccc(NC(=O)N2CCCC(C(=O)O)C2)cc1. The maximum Gasteiger partial charge on any atom is 0.321 e. The van der Waals surface area contributed by atoms with Crippen molar-refractivity contribution in [1.29, 1.82) is 0 Å². The highest BCUT2D eigenvalue weighted by molar-refractivity contribution is 6.05. The van der Waals surface area contributed by atoms with Gasteiger partial charge < -0.3 is 25.4 Å². The van der Waals surface area contributed by atoms with Crippen LogP contribution >= 0.6 is 0 Å². The molecule has 3 N–H and O–H groups in total. The molecule has 1 heterocycles. The summed E-state index contributed by atoms with van der Waals surface area (Å²) in [5, 5.41) is 14.7. The van der Waals surface area contributed by atoms with E-state index in [-0.39, 0.29) is 18.5 Å². The molecule has 0 radical (unpaired) electrons. The molecule has 1 unspecified atom stereocenters. The molecular formula is C21H23N3O5. The Morgan fingerprint density at radius 3 is 2.48 bits per heavy atom. The van der Waals surface area contributed by atoms with E-state index in [1.54, 1.807) is 42.5 Å². The number of para-hydroxylation sites is 2. The van der Waals surface area contributed by atoms with Gasteiger partial charge in [0.05, 0.1) is 18.7 Å². The summed E-state index contributed by atoms with van der Waals surface area (Å²) in [4.78, 5) is 37.5. The number of urea groups is 1. The smallest absolute Gasteiger partial charge is 0.321 e. The van der Waals surface area contributed by atoms with Gasteiger partial charge in [0.25, 0.3) is 5.91 Å². The number of hydrogen-bond donors (Lipinski definition) is 3. The lowest BCUT2D eigenvalue weighted by molar-refractivity contribution is -0.143. The number of aliphatic carboxylic acids is 1. The topological polar surface area (TPSA) is 108 Å². The lowest BCUT2D eigenvalue weighted by Crippen LogP contribution is -2.44. The summed E-state index contributed by atoms with van der Waals surface area (Å²) in [6.07, 6.45) is 1.24. The van der Waals surface area contributed by atoms with Crippen LogP contribution in [0.2, 0.25) is 0 Å². The van der Waals surface area contributed by atoms with E-state index < -0.39 is 11.9 Å². The first kappa shape index (κ1) is 20.2. The van der Waals surface area contributed by atoms with E-state index in [4.69, 9.17) is 9.84 Å². The van der Waals surface area contributed by atoms with Crippen LogP contribution in [0.1, 0.15) is 23.2 Å². The van der Waals surface area contributed by atoms with Crippen LogP contribution in [0.5, 0.6) is 5.75 Å². The largest absolute Gasteiger partial charge is 0.495 e. The molecule has 2 aromatic rings. The van der Waals surface area contributed by atoms with Crippen molar-refractivity contribution in [2.75, 3.05) is 30.8 Å². The van der Waals surface area contributed by atoms with Crippen LogP contribution in [0, 0.1) is 5.92 Å². The molecule has 0 spiro atoms. The number of likely N-dealkylation sites (tertiary alicyclic amines) is 1. The van der Waals surface area contributed by atoms with Crippen LogP contribution in [0.15, 0.2) is 48.5 Å². The Kier molecular flexibility index (Phi) is 6.33. The Hall–Kier alpha value is -3.55. The van der Waals surface area contributed by atoms with Gasteiger partial charge in [-0.2, -0.15) is 0 Å². The summed E-state index contributed by atoms with van der Waals surface area (Å²) >= 11 is 0. The summed E-state index contributed by atoms with van der Waals surface area (Å²) in [6.45, 7) is 0.718. The molecule has 8 nitrogen and oxygen atoms in total. The number of nitrogens with zero attached hydrogens (tertiary/aromatic N) is 1. The van der Waals surface area contributed by atoms with Crippen LogP contribution < -0.4 is 15.4 Å². The second-order valence-corrected chi connectivity index (χ2v) is 6.79. The van der Waals surface area contributed by atoms with E-state index in [2.05, 4.69) is 10.6 Å². The number of nitrogens with one attached hydrogen (secondary N) is 2. The minimum Gasteiger partial charge on any atom is -0.495 e. The zero-order chi connectivity index (χ0) is 20.8. The van der Waals surface area contributed by atoms with Crippen LogP contribution in [0.4, 0.5) is 16.2 Å². The molecular weight excluding hydrogens is 374 g/mol. The fourth-order valence-corrected chi connectivity index (χ4v) is 3.21. The fraction of sp³-hybridized carbons (Fsp3) is 0.286. The van der Waals surface area contributed by atoms with Crippen molar-refractivity contribution < 1.29 is 24.2 Å². The third-order valence-electron chi connectivity index (χ3n) is 4.81. The predicted octanol–water partition coefficient (Wildman–Crippen LogP) is 3.28. The molecule has 2 aromatic carbocycles. The molecule has 3 amide bonds. The minimum absolute atomic E-state index is 0.195. The number of benzene rings is 2. The van der Waals surface area contributed by atoms with Gasteiger partial charge >= 0.3 is 12.0 Å². The molecule has 1 aliphatic rings. The van der Waals surface area contributed by atoms with Crippen LogP contribution in [0.25, 0.3) is 0 Å². The zero-order valence-electron chi connectivity index (χ0n) is 16.1. The molecule has 3 rings (SSSR count). The van der Waals surface area contributed by atoms with Crippen LogP contribution in [0.3, 0.4) is 0 Å². The number of piperidine rings is 1. The molecule has 1 atom stereocenters. The Morgan fingerprint density at radius 1 is 1.07 bits per heavy atom. The number of carbonyl (C=O) groups excluding carboxylic acids is 2. The Labute approximate surface area is 168 Å². The van der Waals surface area contributed by atoms with E-state index in [0.29, 0.717) is 42.1 Å². The van der Waals surface area contributed by atoms with Crippen molar-refractivity contribution in [3.63, 3.8) is 0 Å². The van der Waals surface area contributed by atoms with Gasteiger partial charge in [0.15, 0.2) is 0 Å². The Bertz CT molecular complexity index is 897. The summed E-state index contributed by atoms with van der Waals surface area (Å²) < 4.78 is 5.22. The first-order valence-electron chi connectivity index (χ1n) is 9.31. The molecule has 0 saturated carbocycles. The van der Waals surface area contributed by atoms with Crippen molar-refractivity contribution in [3.8, 4) is 5.75 Å². The highest BCUT2D eigenvalue weighted by atomic mass is 16.5. The second kappa shape index (κ2) is 9.09. The lowest BCUT2D eigenvalue weighted by Gasteiger charge is -2.30. The van der Waals surface area contributed by atoms with E-state index in [1.807, 2.05) is 6.07 Å². The first-order valence-corrected chi connectivity index (χ1v) is 9.31. The molecule has 0 aromatic heterocycles. The number of amides is 3. The number of carboxylic acid groups (broad SMARTS) is 1. The maximum atomic E-state index is 12.4. The van der Waals surface area contributed by atoms with Crippen molar-refractivity contribution in [3.05, 3.63) is 54.1 Å². The summed E-state index contributed by atoms with van der Waals surface area (Å²) in [7, 11) is 1.53. The predicted molar refractivity (Wildman–Crippen MR) is 108 cm³/mol. The Morgan fingerprint density at radius 2 is 1.79 bits per heavy atom. The third-order valence-corrected chi connectivity index (χ3v) is 4.81. The quantitative estimate of drug-likeness (QED) is 0.718. The standard InChI is InChI=1S/C21H23N3O5/c1-29-18-7-3-2-6-17(18)23-19(25)14-8-10-16(11-9-14)22-21(28)24-12-4-5-15(13-24)20(26)27/h2-3,6-11,15H,4-5,12-13H2,1H3,(H,22,28)(H,23,25)(H,26,27). The molecule has 1 fully saturated rings. The van der Waals surface area contributed by atoms with Gasteiger partial charge in [-0.25, -0.2) is 4.79 Å². The highest BCUT2D eigenvalue weighted by Gasteiger charge is 2.28. The molecule has 152 valence electrons. The number of rotatable bonds is 5. The van der Waals surface area contributed by atoms with Gasteiger partial charge in [-0.1, -0.05) is 12.1 Å². The number of carbonyl (C=O) groups is 3. The second-order valence-electron chi connectivity index (χ2n) is 6.79. The van der Waals surface area contributed by atoms with Gasteiger partial charge in [-0.15, -0.1) is 0 Å². The number of methoxy groups -OCH3 is 1. The highest BCUT2D eigenvalue weighted by Crippen LogP contribution is 2.24.